The molecule has 6 nitrogen and oxygen atoms in total. The number of allylic oxidation sites excluding steroid dienone is 1. The Labute approximate surface area is 206 Å². The van der Waals surface area contributed by atoms with Crippen LogP contribution in [-0.2, 0) is 14.3 Å². The van der Waals surface area contributed by atoms with E-state index in [1.165, 1.54) is 0 Å². The maximum atomic E-state index is 13.4. The number of aliphatic hydroxyl groups is 2. The van der Waals surface area contributed by atoms with Crippen LogP contribution >= 0.6 is 0 Å². The van der Waals surface area contributed by atoms with Gasteiger partial charge in [0, 0.05) is 11.8 Å². The van der Waals surface area contributed by atoms with Crippen LogP contribution in [0, 0.1) is 35.5 Å². The molecule has 0 heterocycles. The van der Waals surface area contributed by atoms with Gasteiger partial charge in [-0.05, 0) is 86.8 Å². The van der Waals surface area contributed by atoms with E-state index in [1.807, 2.05) is 26.0 Å². The minimum atomic E-state index is -1.64. The highest BCUT2D eigenvalue weighted by Crippen LogP contribution is 2.67. The summed E-state index contributed by atoms with van der Waals surface area (Å²) in [6, 6.07) is 6.93. The second-order valence-electron chi connectivity index (χ2n) is 11.8. The quantitative estimate of drug-likeness (QED) is 0.633. The SMILES string of the molecule is Cc1ccc(C(=O)OCC(=O)[C@@]2(O)CCC3C4CCC5=CC(=O)CC[C@]5(C)C4[C@@H](O)C[C@@]32C)cc1. The average Bonchev–Trinajstić information content (AvgIpc) is 3.09. The first-order valence-corrected chi connectivity index (χ1v) is 12.9. The van der Waals surface area contributed by atoms with E-state index in [9.17, 15) is 24.6 Å². The number of benzene rings is 1. The van der Waals surface area contributed by atoms with Crippen molar-refractivity contribution < 1.29 is 29.3 Å². The second-order valence-corrected chi connectivity index (χ2v) is 11.8. The predicted molar refractivity (Wildman–Crippen MR) is 130 cm³/mol. The van der Waals surface area contributed by atoms with Crippen LogP contribution in [-0.4, -0.2) is 46.1 Å². The molecule has 4 aliphatic rings. The number of ether oxygens (including phenoxy) is 1. The maximum Gasteiger partial charge on any atom is 0.338 e. The number of ketones is 2. The molecular formula is C29H36O6. The van der Waals surface area contributed by atoms with Gasteiger partial charge in [-0.1, -0.05) is 37.1 Å². The van der Waals surface area contributed by atoms with Crippen molar-refractivity contribution in [3.8, 4) is 0 Å². The number of fused-ring (bicyclic) bond motifs is 5. The van der Waals surface area contributed by atoms with Crippen LogP contribution in [0.5, 0.6) is 0 Å². The molecule has 0 aromatic heterocycles. The van der Waals surface area contributed by atoms with Crippen LogP contribution in [0.4, 0.5) is 0 Å². The zero-order valence-electron chi connectivity index (χ0n) is 20.9. The lowest BCUT2D eigenvalue weighted by Gasteiger charge is -2.60. The van der Waals surface area contributed by atoms with Gasteiger partial charge in [0.05, 0.1) is 11.7 Å². The third-order valence-corrected chi connectivity index (χ3v) is 10.1. The van der Waals surface area contributed by atoms with E-state index in [2.05, 4.69) is 6.92 Å². The Balaban J connectivity index is 1.35. The van der Waals surface area contributed by atoms with Gasteiger partial charge in [0.1, 0.15) is 5.60 Å². The first kappa shape index (κ1) is 24.4. The fourth-order valence-electron chi connectivity index (χ4n) is 8.17. The van der Waals surface area contributed by atoms with E-state index in [-0.39, 0.29) is 29.0 Å². The Morgan fingerprint density at radius 1 is 1.09 bits per heavy atom. The summed E-state index contributed by atoms with van der Waals surface area (Å²) in [5.41, 5.74) is -0.104. The van der Waals surface area contributed by atoms with Crippen molar-refractivity contribution in [3.63, 3.8) is 0 Å². The summed E-state index contributed by atoms with van der Waals surface area (Å²) >= 11 is 0. The van der Waals surface area contributed by atoms with Gasteiger partial charge in [-0.2, -0.15) is 0 Å². The highest BCUT2D eigenvalue weighted by molar-refractivity contribution is 5.94. The topological polar surface area (TPSA) is 101 Å². The van der Waals surface area contributed by atoms with Gasteiger partial charge in [-0.25, -0.2) is 4.79 Å². The molecule has 6 heteroatoms. The third-order valence-electron chi connectivity index (χ3n) is 10.1. The molecule has 1 aromatic rings. The lowest BCUT2D eigenvalue weighted by Crippen LogP contribution is -2.62. The molecule has 3 fully saturated rings. The van der Waals surface area contributed by atoms with Gasteiger partial charge in [0.25, 0.3) is 0 Å². The number of hydrogen-bond acceptors (Lipinski definition) is 6. The summed E-state index contributed by atoms with van der Waals surface area (Å²) in [6.45, 7) is 5.56. The number of esters is 1. The van der Waals surface area contributed by atoms with Gasteiger partial charge < -0.3 is 14.9 Å². The number of carbonyl (C=O) groups excluding carboxylic acids is 3. The fourth-order valence-corrected chi connectivity index (χ4v) is 8.17. The largest absolute Gasteiger partial charge is 0.454 e. The predicted octanol–water partition coefficient (Wildman–Crippen LogP) is 3.95. The molecule has 2 N–H and O–H groups in total. The molecule has 4 aliphatic carbocycles. The molecule has 7 atom stereocenters. The smallest absolute Gasteiger partial charge is 0.338 e. The highest BCUT2D eigenvalue weighted by atomic mass is 16.5. The Morgan fingerprint density at radius 3 is 2.51 bits per heavy atom. The molecule has 0 saturated heterocycles. The summed E-state index contributed by atoms with van der Waals surface area (Å²) in [4.78, 5) is 37.9. The normalized spacial score (nSPS) is 40.3. The van der Waals surface area contributed by atoms with Crippen LogP contribution in [0.3, 0.4) is 0 Å². The zero-order chi connectivity index (χ0) is 25.2. The van der Waals surface area contributed by atoms with Crippen molar-refractivity contribution in [1.29, 1.82) is 0 Å². The number of carbonyl (C=O) groups is 3. The van der Waals surface area contributed by atoms with Crippen LogP contribution in [0.15, 0.2) is 35.9 Å². The van der Waals surface area contributed by atoms with Crippen LogP contribution < -0.4 is 0 Å². The molecule has 188 valence electrons. The monoisotopic (exact) mass is 480 g/mol. The van der Waals surface area contributed by atoms with E-state index >= 15 is 0 Å². The zero-order valence-corrected chi connectivity index (χ0v) is 20.9. The van der Waals surface area contributed by atoms with Crippen molar-refractivity contribution in [2.24, 2.45) is 28.6 Å². The summed E-state index contributed by atoms with van der Waals surface area (Å²) in [7, 11) is 0. The Morgan fingerprint density at radius 2 is 1.80 bits per heavy atom. The number of rotatable bonds is 4. The fraction of sp³-hybridized carbons (Fsp3) is 0.621. The van der Waals surface area contributed by atoms with Crippen molar-refractivity contribution in [2.45, 2.75) is 77.4 Å². The van der Waals surface area contributed by atoms with E-state index in [4.69, 9.17) is 4.74 Å². The van der Waals surface area contributed by atoms with E-state index in [1.54, 1.807) is 18.2 Å². The van der Waals surface area contributed by atoms with E-state index in [0.717, 1.165) is 30.4 Å². The van der Waals surface area contributed by atoms with Crippen molar-refractivity contribution in [3.05, 3.63) is 47.0 Å². The number of aliphatic hydroxyl groups excluding tert-OH is 1. The minimum Gasteiger partial charge on any atom is -0.454 e. The third kappa shape index (κ3) is 3.63. The van der Waals surface area contributed by atoms with Crippen LogP contribution in [0.1, 0.15) is 74.7 Å². The molecule has 0 amide bonds. The summed E-state index contributed by atoms with van der Waals surface area (Å²) in [6.07, 6.45) is 5.39. The summed E-state index contributed by atoms with van der Waals surface area (Å²) in [5.74, 6) is -0.612. The second kappa shape index (κ2) is 8.38. The van der Waals surface area contributed by atoms with Crippen molar-refractivity contribution >= 4 is 17.5 Å². The molecule has 0 bridgehead atoms. The maximum absolute atomic E-state index is 13.4. The molecule has 0 radical (unpaired) electrons. The van der Waals surface area contributed by atoms with Gasteiger partial charge in [-0.15, -0.1) is 0 Å². The molecule has 0 spiro atoms. The number of hydrogen-bond donors (Lipinski definition) is 2. The Bertz CT molecular complexity index is 1090. The Hall–Kier alpha value is -2.31. The Kier molecular flexibility index (Phi) is 5.84. The summed E-state index contributed by atoms with van der Waals surface area (Å²) < 4.78 is 5.31. The van der Waals surface area contributed by atoms with Crippen LogP contribution in [0.25, 0.3) is 0 Å². The molecule has 35 heavy (non-hydrogen) atoms. The molecule has 3 unspecified atom stereocenters. The van der Waals surface area contributed by atoms with Gasteiger partial charge in [0.15, 0.2) is 12.4 Å². The minimum absolute atomic E-state index is 0.0190. The van der Waals surface area contributed by atoms with E-state index in [0.29, 0.717) is 31.2 Å². The molecular weight excluding hydrogens is 444 g/mol. The lowest BCUT2D eigenvalue weighted by atomic mass is 9.45. The summed E-state index contributed by atoms with van der Waals surface area (Å²) in [5, 5.41) is 23.2. The molecule has 3 saturated carbocycles. The number of Topliss-reactive ketones (excluding diaryl/α,β-unsaturated/α-hetero) is 1. The molecule has 0 aliphatic heterocycles. The lowest BCUT2D eigenvalue weighted by molar-refractivity contribution is -0.182. The van der Waals surface area contributed by atoms with Crippen molar-refractivity contribution in [1.82, 2.24) is 0 Å². The van der Waals surface area contributed by atoms with Crippen molar-refractivity contribution in [2.75, 3.05) is 6.61 Å². The van der Waals surface area contributed by atoms with Crippen LogP contribution in [0.2, 0.25) is 0 Å². The first-order chi connectivity index (χ1) is 16.5. The molecule has 1 aromatic carbocycles. The molecule has 5 rings (SSSR count). The van der Waals surface area contributed by atoms with E-state index < -0.39 is 35.5 Å². The standard InChI is InChI=1S/C29H36O6/c1-17-4-6-18(7-5-17)26(33)35-16-24(32)29(34)13-11-22-21-9-8-19-14-20(30)10-12-27(19,2)25(21)23(31)15-28(22,29)3/h4-7,14,21-23,25,31,34H,8-13,15-16H2,1-3H3/t21?,22?,23-,25?,27-,28-,29-/m0/s1. The number of aryl methyl sites for hydroxylation is 1. The van der Waals surface area contributed by atoms with Gasteiger partial charge >= 0.3 is 5.97 Å². The first-order valence-electron chi connectivity index (χ1n) is 12.9. The van der Waals surface area contributed by atoms with Gasteiger partial charge in [-0.3, -0.25) is 9.59 Å². The van der Waals surface area contributed by atoms with Gasteiger partial charge in [0.2, 0.25) is 5.78 Å². The highest BCUT2D eigenvalue weighted by Gasteiger charge is 2.68. The average molecular weight is 481 g/mol.